The fourth-order valence-electron chi connectivity index (χ4n) is 1.12. The molecule has 0 fully saturated rings. The minimum absolute atomic E-state index is 0.242. The van der Waals surface area contributed by atoms with Gasteiger partial charge in [-0.25, -0.2) is 0 Å². The van der Waals surface area contributed by atoms with Gasteiger partial charge < -0.3 is 5.11 Å². The highest BCUT2D eigenvalue weighted by atomic mass is 79.9. The Hall–Kier alpha value is -0.0700. The molecule has 0 bridgehead atoms. The van der Waals surface area contributed by atoms with Crippen molar-refractivity contribution in [2.45, 2.75) is 31.5 Å². The van der Waals surface area contributed by atoms with Gasteiger partial charge in [0.05, 0.1) is 6.10 Å². The van der Waals surface area contributed by atoms with Gasteiger partial charge in [0.25, 0.3) is 0 Å². The Labute approximate surface area is 98.1 Å². The number of hydrogen-bond donors (Lipinski definition) is 1. The monoisotopic (exact) mass is 302 g/mol. The average Bonchev–Trinajstić information content (AvgIpc) is 2.47. The summed E-state index contributed by atoms with van der Waals surface area (Å²) in [5, 5.41) is 11.2. The van der Waals surface area contributed by atoms with E-state index in [0.717, 1.165) is 9.35 Å². The Kier molecular flexibility index (Phi) is 4.61. The standard InChI is InChI=1S/C9H10BrF3OS/c10-7-2-4-15-8(7)5-6(14)1-3-9(11,12)13/h2,4,6,14H,1,3,5H2. The Morgan fingerprint density at radius 3 is 2.60 bits per heavy atom. The van der Waals surface area contributed by atoms with Crippen molar-refractivity contribution in [2.75, 3.05) is 0 Å². The van der Waals surface area contributed by atoms with E-state index in [2.05, 4.69) is 15.9 Å². The molecule has 0 spiro atoms. The fraction of sp³-hybridized carbons (Fsp3) is 0.556. The predicted octanol–water partition coefficient (Wildman–Crippen LogP) is 3.76. The lowest BCUT2D eigenvalue weighted by Crippen LogP contribution is -2.16. The van der Waals surface area contributed by atoms with Crippen LogP contribution in [0.4, 0.5) is 13.2 Å². The Bertz CT molecular complexity index is 311. The van der Waals surface area contributed by atoms with Crippen LogP contribution in [0.25, 0.3) is 0 Å². The maximum Gasteiger partial charge on any atom is 0.389 e. The molecule has 0 radical (unpaired) electrons. The van der Waals surface area contributed by atoms with Crippen LogP contribution in [0.5, 0.6) is 0 Å². The van der Waals surface area contributed by atoms with Gasteiger partial charge in [-0.1, -0.05) is 0 Å². The minimum Gasteiger partial charge on any atom is -0.393 e. The van der Waals surface area contributed by atoms with Gasteiger partial charge in [0.15, 0.2) is 0 Å². The van der Waals surface area contributed by atoms with Crippen LogP contribution in [0.1, 0.15) is 17.7 Å². The van der Waals surface area contributed by atoms with Crippen molar-refractivity contribution < 1.29 is 18.3 Å². The third-order valence-electron chi connectivity index (χ3n) is 1.87. The van der Waals surface area contributed by atoms with Crippen molar-refractivity contribution in [3.8, 4) is 0 Å². The number of halogens is 4. The van der Waals surface area contributed by atoms with E-state index in [4.69, 9.17) is 0 Å². The number of hydrogen-bond acceptors (Lipinski definition) is 2. The largest absolute Gasteiger partial charge is 0.393 e. The Balaban J connectivity index is 2.37. The molecule has 0 aliphatic carbocycles. The van der Waals surface area contributed by atoms with E-state index in [1.54, 1.807) is 0 Å². The molecule has 1 N–H and O–H groups in total. The Morgan fingerprint density at radius 2 is 2.13 bits per heavy atom. The number of aliphatic hydroxyl groups is 1. The van der Waals surface area contributed by atoms with Gasteiger partial charge in [0.2, 0.25) is 0 Å². The van der Waals surface area contributed by atoms with Gasteiger partial charge >= 0.3 is 6.18 Å². The number of thiophene rings is 1. The molecular weight excluding hydrogens is 293 g/mol. The van der Waals surface area contributed by atoms with E-state index in [-0.39, 0.29) is 12.8 Å². The summed E-state index contributed by atoms with van der Waals surface area (Å²) in [6.07, 6.45) is -6.02. The van der Waals surface area contributed by atoms with Crippen molar-refractivity contribution in [3.05, 3.63) is 20.8 Å². The third-order valence-corrected chi connectivity index (χ3v) is 3.82. The first-order chi connectivity index (χ1) is 6.88. The second kappa shape index (κ2) is 5.32. The van der Waals surface area contributed by atoms with E-state index in [1.165, 1.54) is 11.3 Å². The lowest BCUT2D eigenvalue weighted by molar-refractivity contribution is -0.139. The highest BCUT2D eigenvalue weighted by Crippen LogP contribution is 2.27. The summed E-state index contributed by atoms with van der Waals surface area (Å²) in [6.45, 7) is 0. The van der Waals surface area contributed by atoms with E-state index >= 15 is 0 Å². The zero-order valence-electron chi connectivity index (χ0n) is 7.72. The molecule has 0 aliphatic rings. The van der Waals surface area contributed by atoms with Gasteiger partial charge in [0.1, 0.15) is 0 Å². The number of alkyl halides is 3. The fourth-order valence-corrected chi connectivity index (χ4v) is 2.70. The molecule has 1 aromatic rings. The molecule has 1 aromatic heterocycles. The quantitative estimate of drug-likeness (QED) is 0.898. The Morgan fingerprint density at radius 1 is 1.47 bits per heavy atom. The van der Waals surface area contributed by atoms with Crippen LogP contribution < -0.4 is 0 Å². The second-order valence-corrected chi connectivity index (χ2v) is 5.06. The zero-order valence-corrected chi connectivity index (χ0v) is 10.1. The third kappa shape index (κ3) is 4.99. The summed E-state index contributed by atoms with van der Waals surface area (Å²) in [7, 11) is 0. The molecule has 15 heavy (non-hydrogen) atoms. The van der Waals surface area contributed by atoms with Gasteiger partial charge in [-0.3, -0.25) is 0 Å². The lowest BCUT2D eigenvalue weighted by atomic mass is 10.1. The van der Waals surface area contributed by atoms with E-state index in [9.17, 15) is 18.3 Å². The normalized spacial score (nSPS) is 14.2. The molecule has 0 amide bonds. The van der Waals surface area contributed by atoms with Crippen molar-refractivity contribution >= 4 is 27.3 Å². The maximum absolute atomic E-state index is 11.9. The van der Waals surface area contributed by atoms with Gasteiger partial charge in [0, 0.05) is 22.2 Å². The SMILES string of the molecule is OC(CCC(F)(F)F)Cc1sccc1Br. The summed E-state index contributed by atoms with van der Waals surface area (Å²) in [6, 6.07) is 1.82. The number of aliphatic hydroxyl groups excluding tert-OH is 1. The lowest BCUT2D eigenvalue weighted by Gasteiger charge is -2.11. The number of rotatable bonds is 4. The van der Waals surface area contributed by atoms with Crippen LogP contribution in [-0.4, -0.2) is 17.4 Å². The van der Waals surface area contributed by atoms with Gasteiger partial charge in [-0.05, 0) is 33.8 Å². The summed E-state index contributed by atoms with van der Waals surface area (Å²) >= 11 is 4.69. The molecule has 1 nitrogen and oxygen atoms in total. The van der Waals surface area contributed by atoms with Crippen LogP contribution in [0.2, 0.25) is 0 Å². The molecule has 1 rings (SSSR count). The first-order valence-corrected chi connectivity index (χ1v) is 6.02. The van der Waals surface area contributed by atoms with E-state index in [0.29, 0.717) is 0 Å². The molecule has 0 saturated heterocycles. The first kappa shape index (κ1) is 13.0. The van der Waals surface area contributed by atoms with E-state index in [1.807, 2.05) is 11.4 Å². The smallest absolute Gasteiger partial charge is 0.389 e. The molecule has 6 heteroatoms. The second-order valence-electron chi connectivity index (χ2n) is 3.20. The van der Waals surface area contributed by atoms with Crippen LogP contribution in [0.3, 0.4) is 0 Å². The molecule has 1 heterocycles. The van der Waals surface area contributed by atoms with Crippen LogP contribution in [-0.2, 0) is 6.42 Å². The van der Waals surface area contributed by atoms with Crippen LogP contribution in [0.15, 0.2) is 15.9 Å². The van der Waals surface area contributed by atoms with Crippen molar-refractivity contribution in [3.63, 3.8) is 0 Å². The molecular formula is C9H10BrF3OS. The summed E-state index contributed by atoms with van der Waals surface area (Å²) in [5.41, 5.74) is 0. The minimum atomic E-state index is -4.19. The predicted molar refractivity (Wildman–Crippen MR) is 57.0 cm³/mol. The molecule has 0 aliphatic heterocycles. The topological polar surface area (TPSA) is 20.2 Å². The highest BCUT2D eigenvalue weighted by Gasteiger charge is 2.28. The van der Waals surface area contributed by atoms with Crippen LogP contribution >= 0.6 is 27.3 Å². The summed E-state index contributed by atoms with van der Waals surface area (Å²) < 4.78 is 36.4. The van der Waals surface area contributed by atoms with Gasteiger partial charge in [-0.15, -0.1) is 11.3 Å². The zero-order chi connectivity index (χ0) is 11.5. The van der Waals surface area contributed by atoms with E-state index < -0.39 is 18.7 Å². The molecule has 0 aromatic carbocycles. The first-order valence-electron chi connectivity index (χ1n) is 4.35. The molecule has 86 valence electrons. The van der Waals surface area contributed by atoms with Crippen molar-refractivity contribution in [2.24, 2.45) is 0 Å². The maximum atomic E-state index is 11.9. The highest BCUT2D eigenvalue weighted by molar-refractivity contribution is 9.10. The van der Waals surface area contributed by atoms with Crippen molar-refractivity contribution in [1.82, 2.24) is 0 Å². The summed E-state index contributed by atoms with van der Waals surface area (Å²) in [5.74, 6) is 0. The average molecular weight is 303 g/mol. The summed E-state index contributed by atoms with van der Waals surface area (Å²) in [4.78, 5) is 0.879. The molecule has 1 atom stereocenters. The molecule has 1 unspecified atom stereocenters. The van der Waals surface area contributed by atoms with Crippen LogP contribution in [0, 0.1) is 0 Å². The van der Waals surface area contributed by atoms with Gasteiger partial charge in [-0.2, -0.15) is 13.2 Å². The molecule has 0 saturated carbocycles. The van der Waals surface area contributed by atoms with Crippen molar-refractivity contribution in [1.29, 1.82) is 0 Å².